The number of nitroso groups, excluding NO2 is 1. The standard InChI is InChI=1S/C7H9BrN3O/c1-11(12)5-2-3-7(10-9)6(8)4-5/h2-4,10H,9H2,1H3/q+1. The second-order valence-corrected chi connectivity index (χ2v) is 3.16. The lowest BCUT2D eigenvalue weighted by Crippen LogP contribution is -2.07. The first-order valence-electron chi connectivity index (χ1n) is 3.32. The van der Waals surface area contributed by atoms with E-state index in [2.05, 4.69) is 21.4 Å². The lowest BCUT2D eigenvalue weighted by atomic mass is 10.3. The molecule has 1 aromatic rings. The first-order chi connectivity index (χ1) is 5.65. The third-order valence-corrected chi connectivity index (χ3v) is 2.13. The summed E-state index contributed by atoms with van der Waals surface area (Å²) in [4.78, 5) is 10.8. The van der Waals surface area contributed by atoms with Gasteiger partial charge in [0.1, 0.15) is 0 Å². The first kappa shape index (κ1) is 9.15. The molecule has 64 valence electrons. The molecule has 1 aromatic carbocycles. The summed E-state index contributed by atoms with van der Waals surface area (Å²) in [6, 6.07) is 5.11. The van der Waals surface area contributed by atoms with Crippen LogP contribution in [0.3, 0.4) is 0 Å². The van der Waals surface area contributed by atoms with Gasteiger partial charge in [0.15, 0.2) is 7.05 Å². The molecular weight excluding hydrogens is 222 g/mol. The molecule has 0 saturated carbocycles. The van der Waals surface area contributed by atoms with Crippen LogP contribution in [0.5, 0.6) is 0 Å². The van der Waals surface area contributed by atoms with Crippen LogP contribution >= 0.6 is 15.9 Å². The summed E-state index contributed by atoms with van der Waals surface area (Å²) in [6.07, 6.45) is 0. The average molecular weight is 231 g/mol. The molecule has 12 heavy (non-hydrogen) atoms. The molecule has 0 unspecified atom stereocenters. The Labute approximate surface area is 78.4 Å². The highest BCUT2D eigenvalue weighted by molar-refractivity contribution is 9.10. The van der Waals surface area contributed by atoms with Crippen molar-refractivity contribution in [2.24, 2.45) is 5.84 Å². The number of halogens is 1. The number of hydrogen-bond donors (Lipinski definition) is 2. The van der Waals surface area contributed by atoms with Crippen molar-refractivity contribution in [1.82, 2.24) is 0 Å². The van der Waals surface area contributed by atoms with E-state index in [9.17, 15) is 4.91 Å². The zero-order chi connectivity index (χ0) is 9.14. The van der Waals surface area contributed by atoms with Crippen molar-refractivity contribution in [3.05, 3.63) is 27.6 Å². The van der Waals surface area contributed by atoms with Crippen molar-refractivity contribution in [2.75, 3.05) is 12.5 Å². The minimum Gasteiger partial charge on any atom is -0.323 e. The van der Waals surface area contributed by atoms with Gasteiger partial charge in [-0.3, -0.25) is 5.84 Å². The first-order valence-corrected chi connectivity index (χ1v) is 4.11. The van der Waals surface area contributed by atoms with Gasteiger partial charge in [0, 0.05) is 26.3 Å². The van der Waals surface area contributed by atoms with Crippen LogP contribution in [0.1, 0.15) is 0 Å². The summed E-state index contributed by atoms with van der Waals surface area (Å²) < 4.78 is 1.55. The molecule has 0 radical (unpaired) electrons. The van der Waals surface area contributed by atoms with Crippen molar-refractivity contribution < 1.29 is 4.76 Å². The topological polar surface area (TPSA) is 58.1 Å². The van der Waals surface area contributed by atoms with Crippen LogP contribution in [0, 0.1) is 4.91 Å². The van der Waals surface area contributed by atoms with E-state index in [-0.39, 0.29) is 0 Å². The van der Waals surface area contributed by atoms with E-state index in [4.69, 9.17) is 5.84 Å². The Kier molecular flexibility index (Phi) is 2.78. The number of hydrazine groups is 1. The number of anilines is 1. The Hall–Kier alpha value is -0.940. The number of nitrogen functional groups attached to an aromatic ring is 1. The van der Waals surface area contributed by atoms with Gasteiger partial charge in [0.05, 0.1) is 5.69 Å². The molecule has 0 aromatic heterocycles. The fourth-order valence-corrected chi connectivity index (χ4v) is 1.30. The van der Waals surface area contributed by atoms with Gasteiger partial charge in [0.25, 0.3) is 5.69 Å². The third kappa shape index (κ3) is 1.80. The van der Waals surface area contributed by atoms with Crippen LogP contribution in [0.25, 0.3) is 0 Å². The quantitative estimate of drug-likeness (QED) is 0.463. The molecule has 0 atom stereocenters. The number of hydrogen-bond acceptors (Lipinski definition) is 3. The van der Waals surface area contributed by atoms with Gasteiger partial charge in [-0.25, -0.2) is 0 Å². The SMILES string of the molecule is C[N+](=O)c1ccc(NN)c(Br)c1. The highest BCUT2D eigenvalue weighted by Gasteiger charge is 2.08. The maximum Gasteiger partial charge on any atom is 0.256 e. The smallest absolute Gasteiger partial charge is 0.256 e. The maximum atomic E-state index is 10.8. The fourth-order valence-electron chi connectivity index (χ4n) is 0.817. The molecule has 0 amide bonds. The lowest BCUT2D eigenvalue weighted by molar-refractivity contribution is -0.428. The summed E-state index contributed by atoms with van der Waals surface area (Å²) in [5.41, 5.74) is 3.83. The molecule has 0 aliphatic rings. The van der Waals surface area contributed by atoms with E-state index >= 15 is 0 Å². The molecule has 3 N–H and O–H groups in total. The number of benzene rings is 1. The highest BCUT2D eigenvalue weighted by Crippen LogP contribution is 2.25. The molecular formula is C7H9BrN3O+. The van der Waals surface area contributed by atoms with Gasteiger partial charge in [-0.2, -0.15) is 0 Å². The van der Waals surface area contributed by atoms with Crippen LogP contribution < -0.4 is 11.3 Å². The van der Waals surface area contributed by atoms with E-state index in [0.29, 0.717) is 5.69 Å². The Morgan fingerprint density at radius 2 is 2.25 bits per heavy atom. The predicted octanol–water partition coefficient (Wildman–Crippen LogP) is 1.77. The van der Waals surface area contributed by atoms with Crippen LogP contribution in [-0.2, 0) is 0 Å². The minimum atomic E-state index is 0.584. The summed E-state index contributed by atoms with van der Waals surface area (Å²) >= 11 is 3.27. The van der Waals surface area contributed by atoms with Crippen molar-refractivity contribution in [2.45, 2.75) is 0 Å². The molecule has 0 aliphatic carbocycles. The molecule has 0 aliphatic heterocycles. The number of nitrogens with zero attached hydrogens (tertiary/aromatic N) is 1. The molecule has 5 heteroatoms. The van der Waals surface area contributed by atoms with Gasteiger partial charge >= 0.3 is 0 Å². The average Bonchev–Trinajstić information content (AvgIpc) is 2.04. The van der Waals surface area contributed by atoms with Gasteiger partial charge < -0.3 is 5.43 Å². The number of nitrogens with two attached hydrogens (primary N) is 1. The second kappa shape index (κ2) is 3.64. The summed E-state index contributed by atoms with van der Waals surface area (Å²) in [5.74, 6) is 5.21. The van der Waals surface area contributed by atoms with Gasteiger partial charge in [-0.05, 0) is 22.0 Å². The van der Waals surface area contributed by atoms with Crippen molar-refractivity contribution in [3.8, 4) is 0 Å². The van der Waals surface area contributed by atoms with Crippen LogP contribution in [-0.4, -0.2) is 11.8 Å². The number of nitrogens with one attached hydrogen (secondary N) is 1. The minimum absolute atomic E-state index is 0.584. The van der Waals surface area contributed by atoms with E-state index < -0.39 is 0 Å². The summed E-state index contributed by atoms with van der Waals surface area (Å²) in [6.45, 7) is 0. The highest BCUT2D eigenvalue weighted by atomic mass is 79.9. The molecule has 1 rings (SSSR count). The predicted molar refractivity (Wildman–Crippen MR) is 51.2 cm³/mol. The normalized spacial score (nSPS) is 9.58. The van der Waals surface area contributed by atoms with E-state index in [1.165, 1.54) is 7.05 Å². The second-order valence-electron chi connectivity index (χ2n) is 2.31. The Morgan fingerprint density at radius 1 is 1.58 bits per heavy atom. The van der Waals surface area contributed by atoms with Gasteiger partial charge in [0.2, 0.25) is 0 Å². The summed E-state index contributed by atoms with van der Waals surface area (Å²) in [7, 11) is 1.44. The molecule has 0 saturated heterocycles. The molecule has 4 nitrogen and oxygen atoms in total. The molecule has 0 heterocycles. The monoisotopic (exact) mass is 230 g/mol. The van der Waals surface area contributed by atoms with Gasteiger partial charge in [-0.15, -0.1) is 0 Å². The molecule has 0 spiro atoms. The van der Waals surface area contributed by atoms with E-state index in [0.717, 1.165) is 14.9 Å². The van der Waals surface area contributed by atoms with Crippen molar-refractivity contribution in [3.63, 3.8) is 0 Å². The van der Waals surface area contributed by atoms with Crippen LogP contribution in [0.15, 0.2) is 22.7 Å². The molecule has 0 bridgehead atoms. The maximum absolute atomic E-state index is 10.8. The fraction of sp³-hybridized carbons (Fsp3) is 0.143. The zero-order valence-corrected chi connectivity index (χ0v) is 8.13. The van der Waals surface area contributed by atoms with Gasteiger partial charge in [-0.1, -0.05) is 0 Å². The van der Waals surface area contributed by atoms with E-state index in [1.807, 2.05) is 0 Å². The van der Waals surface area contributed by atoms with Crippen LogP contribution in [0.4, 0.5) is 11.4 Å². The van der Waals surface area contributed by atoms with Crippen molar-refractivity contribution >= 4 is 27.3 Å². The van der Waals surface area contributed by atoms with E-state index in [1.54, 1.807) is 18.2 Å². The zero-order valence-electron chi connectivity index (χ0n) is 6.54. The van der Waals surface area contributed by atoms with Crippen LogP contribution in [0.2, 0.25) is 0 Å². The Bertz CT molecular complexity index is 314. The third-order valence-electron chi connectivity index (χ3n) is 1.47. The Balaban J connectivity index is 3.10. The Morgan fingerprint density at radius 3 is 2.67 bits per heavy atom. The van der Waals surface area contributed by atoms with Crippen molar-refractivity contribution in [1.29, 1.82) is 0 Å². The largest absolute Gasteiger partial charge is 0.323 e. The lowest BCUT2D eigenvalue weighted by Gasteiger charge is -2.00. The summed E-state index contributed by atoms with van der Waals surface area (Å²) in [5, 5.41) is 0. The number of rotatable bonds is 2. The molecule has 0 fully saturated rings.